The molecule has 2 aromatic rings. The average molecular weight is 258 g/mol. The number of hydrogen-bond donors (Lipinski definition) is 2. The van der Waals surface area contributed by atoms with Gasteiger partial charge < -0.3 is 15.0 Å². The topological polar surface area (TPSA) is 54.1 Å². The van der Waals surface area contributed by atoms with Crippen molar-refractivity contribution >= 4 is 16.7 Å². The summed E-state index contributed by atoms with van der Waals surface area (Å²) in [5.74, 6) is 0.949. The summed E-state index contributed by atoms with van der Waals surface area (Å²) in [5, 5.41) is 4.24. The summed E-state index contributed by atoms with van der Waals surface area (Å²) in [5.41, 5.74) is 2.67. The molecule has 100 valence electrons. The van der Waals surface area contributed by atoms with E-state index in [9.17, 15) is 4.79 Å². The molecular formula is C15H18N2O2. The molecule has 2 N–H and O–H groups in total. The summed E-state index contributed by atoms with van der Waals surface area (Å²) in [4.78, 5) is 15.6. The van der Waals surface area contributed by atoms with Gasteiger partial charge in [0, 0.05) is 28.8 Å². The zero-order chi connectivity index (χ0) is 13.4. The third kappa shape index (κ3) is 2.36. The molecule has 0 saturated heterocycles. The molecule has 1 aromatic carbocycles. The first-order chi connectivity index (χ1) is 9.19. The van der Waals surface area contributed by atoms with Gasteiger partial charge in [-0.3, -0.25) is 4.79 Å². The monoisotopic (exact) mass is 258 g/mol. The number of rotatable bonds is 5. The van der Waals surface area contributed by atoms with E-state index in [2.05, 4.69) is 10.3 Å². The van der Waals surface area contributed by atoms with Gasteiger partial charge in [-0.05, 0) is 31.9 Å². The molecule has 0 spiro atoms. The molecule has 3 rings (SSSR count). The van der Waals surface area contributed by atoms with Gasteiger partial charge in [0.15, 0.2) is 5.78 Å². The number of Topliss-reactive ketones (excluding diaryl/α,β-unsaturated/α-hetero) is 1. The van der Waals surface area contributed by atoms with E-state index in [-0.39, 0.29) is 5.78 Å². The molecule has 1 aromatic heterocycles. The first-order valence-electron chi connectivity index (χ1n) is 6.62. The number of fused-ring (bicyclic) bond motifs is 1. The van der Waals surface area contributed by atoms with Crippen molar-refractivity contribution in [3.05, 3.63) is 29.5 Å². The number of nitrogens with one attached hydrogen (secondary N) is 2. The fourth-order valence-electron chi connectivity index (χ4n) is 2.41. The van der Waals surface area contributed by atoms with Gasteiger partial charge in [0.2, 0.25) is 0 Å². The van der Waals surface area contributed by atoms with E-state index in [0.29, 0.717) is 12.6 Å². The second kappa shape index (κ2) is 4.70. The number of ether oxygens (including phenoxy) is 1. The summed E-state index contributed by atoms with van der Waals surface area (Å²) in [6.07, 6.45) is 2.38. The van der Waals surface area contributed by atoms with Crippen molar-refractivity contribution < 1.29 is 9.53 Å². The number of carbonyl (C=O) groups is 1. The van der Waals surface area contributed by atoms with Gasteiger partial charge in [-0.2, -0.15) is 0 Å². The van der Waals surface area contributed by atoms with Crippen molar-refractivity contribution in [2.24, 2.45) is 0 Å². The number of aromatic amines is 1. The van der Waals surface area contributed by atoms with Gasteiger partial charge in [-0.15, -0.1) is 0 Å². The van der Waals surface area contributed by atoms with Crippen molar-refractivity contribution in [3.63, 3.8) is 0 Å². The highest BCUT2D eigenvalue weighted by atomic mass is 16.5. The number of aryl methyl sites for hydroxylation is 1. The van der Waals surface area contributed by atoms with Crippen LogP contribution < -0.4 is 10.1 Å². The first kappa shape index (κ1) is 12.2. The number of carbonyl (C=O) groups excluding carboxylic acids is 1. The van der Waals surface area contributed by atoms with Crippen LogP contribution in [-0.2, 0) is 0 Å². The summed E-state index contributed by atoms with van der Waals surface area (Å²) >= 11 is 0. The molecule has 0 unspecified atom stereocenters. The average Bonchev–Trinajstić information content (AvgIpc) is 3.17. The van der Waals surface area contributed by atoms with Gasteiger partial charge in [0.1, 0.15) is 5.75 Å². The van der Waals surface area contributed by atoms with Crippen LogP contribution in [0.1, 0.15) is 28.9 Å². The van der Waals surface area contributed by atoms with Crippen molar-refractivity contribution in [3.8, 4) is 5.75 Å². The molecule has 1 aliphatic rings. The van der Waals surface area contributed by atoms with E-state index in [0.717, 1.165) is 27.9 Å². The Morgan fingerprint density at radius 3 is 2.95 bits per heavy atom. The third-order valence-corrected chi connectivity index (χ3v) is 3.60. The lowest BCUT2D eigenvalue weighted by Crippen LogP contribution is -2.25. The summed E-state index contributed by atoms with van der Waals surface area (Å²) in [6.45, 7) is 2.36. The fraction of sp³-hybridized carbons (Fsp3) is 0.400. The van der Waals surface area contributed by atoms with Gasteiger partial charge in [-0.25, -0.2) is 0 Å². The Morgan fingerprint density at radius 2 is 2.26 bits per heavy atom. The van der Waals surface area contributed by atoms with Crippen LogP contribution in [0.15, 0.2) is 18.2 Å². The predicted molar refractivity (Wildman–Crippen MR) is 74.9 cm³/mol. The maximum absolute atomic E-state index is 12.3. The van der Waals surface area contributed by atoms with E-state index in [1.807, 2.05) is 25.1 Å². The van der Waals surface area contributed by atoms with Crippen LogP contribution in [-0.4, -0.2) is 30.5 Å². The van der Waals surface area contributed by atoms with Crippen LogP contribution in [0.5, 0.6) is 5.75 Å². The fourth-order valence-corrected chi connectivity index (χ4v) is 2.41. The van der Waals surface area contributed by atoms with Crippen LogP contribution in [0.25, 0.3) is 10.9 Å². The van der Waals surface area contributed by atoms with Gasteiger partial charge in [0.05, 0.1) is 19.2 Å². The Bertz CT molecular complexity index is 626. The highest BCUT2D eigenvalue weighted by Crippen LogP contribution is 2.26. The standard InChI is InChI=1S/C15H18N2O2/c1-9-15(14(18)8-16-10-3-4-10)12-6-5-11(19-2)7-13(12)17-9/h5-7,10,16-17H,3-4,8H2,1-2H3. The molecule has 0 aliphatic heterocycles. The first-order valence-corrected chi connectivity index (χ1v) is 6.62. The van der Waals surface area contributed by atoms with Crippen LogP contribution >= 0.6 is 0 Å². The molecule has 0 atom stereocenters. The van der Waals surface area contributed by atoms with E-state index in [1.54, 1.807) is 7.11 Å². The van der Waals surface area contributed by atoms with Crippen LogP contribution in [0.4, 0.5) is 0 Å². The van der Waals surface area contributed by atoms with Gasteiger partial charge in [0.25, 0.3) is 0 Å². The molecular weight excluding hydrogens is 240 g/mol. The Morgan fingerprint density at radius 1 is 1.47 bits per heavy atom. The lowest BCUT2D eigenvalue weighted by molar-refractivity contribution is 0.0991. The van der Waals surface area contributed by atoms with E-state index < -0.39 is 0 Å². The molecule has 0 amide bonds. The molecule has 0 radical (unpaired) electrons. The zero-order valence-corrected chi connectivity index (χ0v) is 11.2. The molecule has 19 heavy (non-hydrogen) atoms. The minimum absolute atomic E-state index is 0.154. The Kier molecular flexibility index (Phi) is 3.03. The number of H-pyrrole nitrogens is 1. The maximum Gasteiger partial charge on any atom is 0.179 e. The number of benzene rings is 1. The minimum atomic E-state index is 0.154. The molecule has 0 bridgehead atoms. The Balaban J connectivity index is 1.92. The number of ketones is 1. The summed E-state index contributed by atoms with van der Waals surface area (Å²) in [7, 11) is 1.64. The van der Waals surface area contributed by atoms with Gasteiger partial charge >= 0.3 is 0 Å². The third-order valence-electron chi connectivity index (χ3n) is 3.60. The molecule has 1 fully saturated rings. The van der Waals surface area contributed by atoms with Crippen molar-refractivity contribution in [2.45, 2.75) is 25.8 Å². The van der Waals surface area contributed by atoms with Crippen molar-refractivity contribution in [1.82, 2.24) is 10.3 Å². The number of methoxy groups -OCH3 is 1. The largest absolute Gasteiger partial charge is 0.497 e. The lowest BCUT2D eigenvalue weighted by atomic mass is 10.1. The molecule has 1 saturated carbocycles. The second-order valence-corrected chi connectivity index (χ2v) is 5.11. The molecule has 4 heteroatoms. The molecule has 1 aliphatic carbocycles. The predicted octanol–water partition coefficient (Wildman–Crippen LogP) is 2.42. The van der Waals surface area contributed by atoms with E-state index in [1.165, 1.54) is 12.8 Å². The van der Waals surface area contributed by atoms with Gasteiger partial charge in [-0.1, -0.05) is 0 Å². The summed E-state index contributed by atoms with van der Waals surface area (Å²) in [6, 6.07) is 6.31. The molecule has 4 nitrogen and oxygen atoms in total. The van der Waals surface area contributed by atoms with Crippen LogP contribution in [0, 0.1) is 6.92 Å². The van der Waals surface area contributed by atoms with E-state index >= 15 is 0 Å². The maximum atomic E-state index is 12.3. The second-order valence-electron chi connectivity index (χ2n) is 5.11. The van der Waals surface area contributed by atoms with Crippen LogP contribution in [0.3, 0.4) is 0 Å². The highest BCUT2D eigenvalue weighted by Gasteiger charge is 2.23. The Labute approximate surface area is 112 Å². The van der Waals surface area contributed by atoms with E-state index in [4.69, 9.17) is 4.74 Å². The van der Waals surface area contributed by atoms with Crippen molar-refractivity contribution in [1.29, 1.82) is 0 Å². The van der Waals surface area contributed by atoms with Crippen molar-refractivity contribution in [2.75, 3.05) is 13.7 Å². The highest BCUT2D eigenvalue weighted by molar-refractivity contribution is 6.10. The quantitative estimate of drug-likeness (QED) is 0.810. The number of hydrogen-bond acceptors (Lipinski definition) is 3. The number of aromatic nitrogens is 1. The zero-order valence-electron chi connectivity index (χ0n) is 11.2. The lowest BCUT2D eigenvalue weighted by Gasteiger charge is -2.03. The minimum Gasteiger partial charge on any atom is -0.497 e. The van der Waals surface area contributed by atoms with Crippen LogP contribution in [0.2, 0.25) is 0 Å². The summed E-state index contributed by atoms with van der Waals surface area (Å²) < 4.78 is 5.20. The normalized spacial score (nSPS) is 14.8. The molecule has 1 heterocycles. The smallest absolute Gasteiger partial charge is 0.179 e. The SMILES string of the molecule is COc1ccc2c(C(=O)CNC3CC3)c(C)[nH]c2c1. The Hall–Kier alpha value is -1.81.